The molecule has 0 radical (unpaired) electrons. The maximum absolute atomic E-state index is 13.0. The van der Waals surface area contributed by atoms with Gasteiger partial charge in [-0.1, -0.05) is 12.1 Å². The van der Waals surface area contributed by atoms with Crippen LogP contribution >= 0.6 is 0 Å². The van der Waals surface area contributed by atoms with Crippen molar-refractivity contribution in [2.45, 2.75) is 19.4 Å². The number of imidazole rings is 1. The molecule has 0 aliphatic heterocycles. The van der Waals surface area contributed by atoms with Crippen LogP contribution in [0.3, 0.4) is 0 Å². The van der Waals surface area contributed by atoms with Gasteiger partial charge < -0.3 is 30.2 Å². The minimum Gasteiger partial charge on any atom is -0.385 e. The van der Waals surface area contributed by atoms with Gasteiger partial charge in [-0.2, -0.15) is 0 Å². The molecule has 3 heterocycles. The molecular formula is C26H30N8O4. The first-order valence-electron chi connectivity index (χ1n) is 12.2. The molecule has 12 nitrogen and oxygen atoms in total. The third-order valence-corrected chi connectivity index (χ3v) is 5.91. The predicted octanol–water partition coefficient (Wildman–Crippen LogP) is 3.49. The van der Waals surface area contributed by atoms with Crippen LogP contribution < -0.4 is 16.4 Å². The summed E-state index contributed by atoms with van der Waals surface area (Å²) >= 11 is 0. The van der Waals surface area contributed by atoms with E-state index in [1.807, 2.05) is 52.0 Å². The maximum atomic E-state index is 13.0. The highest BCUT2D eigenvalue weighted by Gasteiger charge is 2.17. The Hall–Kier alpha value is -4.71. The number of anilines is 2. The summed E-state index contributed by atoms with van der Waals surface area (Å²) in [6, 6.07) is 10.8. The van der Waals surface area contributed by atoms with E-state index in [1.165, 1.54) is 12.1 Å². The highest BCUT2D eigenvalue weighted by molar-refractivity contribution is 6.00. The molecule has 1 aromatic carbocycles. The quantitative estimate of drug-likeness (QED) is 0.138. The third-order valence-electron chi connectivity index (χ3n) is 5.91. The van der Waals surface area contributed by atoms with E-state index in [0.717, 1.165) is 29.7 Å². The SMILES string of the molecule is COCCCNC(=O)c1cn(CCCNc2ccc([N+](=O)[O-])c(N)n2)cc1-c1ccc(-n2ccnc2)cc1. The molecule has 3 aromatic heterocycles. The number of methoxy groups -OCH3 is 1. The summed E-state index contributed by atoms with van der Waals surface area (Å²) in [4.78, 5) is 31.5. The Morgan fingerprint density at radius 3 is 2.63 bits per heavy atom. The van der Waals surface area contributed by atoms with E-state index >= 15 is 0 Å². The molecule has 4 aromatic rings. The second-order valence-corrected chi connectivity index (χ2v) is 8.58. The number of hydrogen-bond acceptors (Lipinski definition) is 8. The van der Waals surface area contributed by atoms with Crippen molar-refractivity contribution in [2.75, 3.05) is 37.9 Å². The van der Waals surface area contributed by atoms with E-state index in [2.05, 4.69) is 20.6 Å². The number of carbonyl (C=O) groups excluding carboxylic acids is 1. The first kappa shape index (κ1) is 26.4. The van der Waals surface area contributed by atoms with Crippen LogP contribution in [-0.4, -0.2) is 56.7 Å². The van der Waals surface area contributed by atoms with Crippen LogP contribution in [0.2, 0.25) is 0 Å². The van der Waals surface area contributed by atoms with Crippen molar-refractivity contribution in [3.05, 3.63) is 83.2 Å². The fraction of sp³-hybridized carbons (Fsp3) is 0.269. The van der Waals surface area contributed by atoms with Crippen LogP contribution in [0.15, 0.2) is 67.5 Å². The van der Waals surface area contributed by atoms with Crippen LogP contribution in [0.25, 0.3) is 16.8 Å². The smallest absolute Gasteiger partial charge is 0.311 e. The highest BCUT2D eigenvalue weighted by atomic mass is 16.6. The van der Waals surface area contributed by atoms with Crippen LogP contribution in [0.1, 0.15) is 23.2 Å². The largest absolute Gasteiger partial charge is 0.385 e. The normalized spacial score (nSPS) is 10.9. The monoisotopic (exact) mass is 518 g/mol. The van der Waals surface area contributed by atoms with Crippen LogP contribution in [0.4, 0.5) is 17.3 Å². The van der Waals surface area contributed by atoms with Crippen molar-refractivity contribution >= 4 is 23.2 Å². The second-order valence-electron chi connectivity index (χ2n) is 8.58. The lowest BCUT2D eigenvalue weighted by Crippen LogP contribution is -2.25. The Bertz CT molecular complexity index is 1370. The number of ether oxygens (including phenoxy) is 1. The number of rotatable bonds is 13. The number of aromatic nitrogens is 4. The topological polar surface area (TPSA) is 155 Å². The Morgan fingerprint density at radius 1 is 1.13 bits per heavy atom. The molecule has 12 heteroatoms. The van der Waals surface area contributed by atoms with Gasteiger partial charge in [0.05, 0.1) is 16.8 Å². The Balaban J connectivity index is 1.45. The molecule has 38 heavy (non-hydrogen) atoms. The molecule has 0 unspecified atom stereocenters. The lowest BCUT2D eigenvalue weighted by Gasteiger charge is -2.07. The van der Waals surface area contributed by atoms with Crippen molar-refractivity contribution in [2.24, 2.45) is 0 Å². The van der Waals surface area contributed by atoms with Gasteiger partial charge >= 0.3 is 5.69 Å². The lowest BCUT2D eigenvalue weighted by atomic mass is 10.0. The van der Waals surface area contributed by atoms with Crippen molar-refractivity contribution in [3.8, 4) is 16.8 Å². The minimum absolute atomic E-state index is 0.129. The van der Waals surface area contributed by atoms with Gasteiger partial charge in [0.2, 0.25) is 5.82 Å². The van der Waals surface area contributed by atoms with Gasteiger partial charge in [-0.25, -0.2) is 9.97 Å². The summed E-state index contributed by atoms with van der Waals surface area (Å²) in [5, 5.41) is 17.0. The van der Waals surface area contributed by atoms with Crippen molar-refractivity contribution in [1.82, 2.24) is 24.4 Å². The number of aryl methyl sites for hydroxylation is 1. The molecule has 0 atom stereocenters. The Morgan fingerprint density at radius 2 is 1.95 bits per heavy atom. The zero-order valence-electron chi connectivity index (χ0n) is 21.0. The van der Waals surface area contributed by atoms with E-state index in [0.29, 0.717) is 37.6 Å². The number of nitrogens with two attached hydrogens (primary N) is 1. The fourth-order valence-corrected chi connectivity index (χ4v) is 3.99. The fourth-order valence-electron chi connectivity index (χ4n) is 3.99. The summed E-state index contributed by atoms with van der Waals surface area (Å²) in [7, 11) is 1.63. The van der Waals surface area contributed by atoms with Gasteiger partial charge in [0, 0.05) is 75.5 Å². The first-order chi connectivity index (χ1) is 18.5. The molecule has 0 saturated heterocycles. The average molecular weight is 519 g/mol. The summed E-state index contributed by atoms with van der Waals surface area (Å²) in [5.41, 5.74) is 8.78. The average Bonchev–Trinajstić information content (AvgIpc) is 3.60. The van der Waals surface area contributed by atoms with Crippen LogP contribution in [0.5, 0.6) is 0 Å². The number of amides is 1. The number of pyridine rings is 1. The van der Waals surface area contributed by atoms with Gasteiger partial charge in [-0.3, -0.25) is 14.9 Å². The molecule has 0 saturated carbocycles. The maximum Gasteiger partial charge on any atom is 0.311 e. The second kappa shape index (κ2) is 12.5. The van der Waals surface area contributed by atoms with E-state index in [4.69, 9.17) is 10.5 Å². The van der Waals surface area contributed by atoms with Crippen LogP contribution in [0, 0.1) is 10.1 Å². The van der Waals surface area contributed by atoms with Gasteiger partial charge in [0.25, 0.3) is 5.91 Å². The number of hydrogen-bond donors (Lipinski definition) is 3. The molecule has 0 spiro atoms. The highest BCUT2D eigenvalue weighted by Crippen LogP contribution is 2.27. The van der Waals surface area contributed by atoms with Gasteiger partial charge in [0.1, 0.15) is 5.82 Å². The standard InChI is InChI=1S/C26H30N8O4/c1-38-15-3-11-30-26(35)22-17-32(13-2-10-29-24-9-8-23(34(36)37)25(27)31-24)16-21(22)19-4-6-20(7-5-19)33-14-12-28-18-33/h4-9,12,14,16-18H,2-3,10-11,13,15H2,1H3,(H,30,35)(H3,27,29,31). The first-order valence-corrected chi connectivity index (χ1v) is 12.2. The number of nitro groups is 1. The molecule has 0 aliphatic rings. The van der Waals surface area contributed by atoms with E-state index in [-0.39, 0.29) is 17.4 Å². The summed E-state index contributed by atoms with van der Waals surface area (Å²) in [6.45, 7) is 2.31. The predicted molar refractivity (Wildman–Crippen MR) is 144 cm³/mol. The molecule has 4 rings (SSSR count). The Kier molecular flexibility index (Phi) is 8.67. The summed E-state index contributed by atoms with van der Waals surface area (Å²) in [6.07, 6.45) is 10.6. The number of nitrogen functional groups attached to an aromatic ring is 1. The lowest BCUT2D eigenvalue weighted by molar-refractivity contribution is -0.384. The number of nitrogens with zero attached hydrogens (tertiary/aromatic N) is 5. The van der Waals surface area contributed by atoms with Gasteiger partial charge in [-0.05, 0) is 36.6 Å². The van der Waals surface area contributed by atoms with E-state index in [1.54, 1.807) is 19.6 Å². The van der Waals surface area contributed by atoms with Crippen molar-refractivity contribution in [1.29, 1.82) is 0 Å². The van der Waals surface area contributed by atoms with Crippen LogP contribution in [-0.2, 0) is 11.3 Å². The van der Waals surface area contributed by atoms with E-state index < -0.39 is 4.92 Å². The molecule has 1 amide bonds. The number of carbonyl (C=O) groups is 1. The molecule has 198 valence electrons. The molecule has 0 bridgehead atoms. The van der Waals surface area contributed by atoms with Crippen molar-refractivity contribution in [3.63, 3.8) is 0 Å². The number of benzene rings is 1. The Labute approximate surface area is 219 Å². The van der Waals surface area contributed by atoms with Crippen molar-refractivity contribution < 1.29 is 14.5 Å². The molecule has 0 aliphatic carbocycles. The minimum atomic E-state index is -0.563. The number of nitrogens with one attached hydrogen (secondary N) is 2. The van der Waals surface area contributed by atoms with Gasteiger partial charge in [-0.15, -0.1) is 0 Å². The zero-order chi connectivity index (χ0) is 26.9. The van der Waals surface area contributed by atoms with Gasteiger partial charge in [0.15, 0.2) is 0 Å². The zero-order valence-corrected chi connectivity index (χ0v) is 21.0. The summed E-state index contributed by atoms with van der Waals surface area (Å²) in [5.74, 6) is 0.197. The molecular weight excluding hydrogens is 488 g/mol. The van der Waals surface area contributed by atoms with E-state index in [9.17, 15) is 14.9 Å². The molecule has 0 fully saturated rings. The summed E-state index contributed by atoms with van der Waals surface area (Å²) < 4.78 is 8.97. The molecule has 4 N–H and O–H groups in total. The third kappa shape index (κ3) is 6.53.